The van der Waals surface area contributed by atoms with Crippen LogP contribution in [0.2, 0.25) is 0 Å². The minimum Gasteiger partial charge on any atom is -0.496 e. The highest BCUT2D eigenvalue weighted by Crippen LogP contribution is 2.29. The fraction of sp³-hybridized carbons (Fsp3) is 0.500. The van der Waals surface area contributed by atoms with Gasteiger partial charge < -0.3 is 15.8 Å². The first kappa shape index (κ1) is 19.1. The summed E-state index contributed by atoms with van der Waals surface area (Å²) in [6, 6.07) is 7.96. The van der Waals surface area contributed by atoms with Gasteiger partial charge in [0.15, 0.2) is 0 Å². The topological polar surface area (TPSA) is 64.3 Å². The van der Waals surface area contributed by atoms with Crippen LogP contribution in [0.5, 0.6) is 5.75 Å². The third kappa shape index (κ3) is 7.03. The largest absolute Gasteiger partial charge is 0.496 e. The Hall–Kier alpha value is -0.910. The molecule has 20 heavy (non-hydrogen) atoms. The zero-order valence-electron chi connectivity index (χ0n) is 11.9. The lowest BCUT2D eigenvalue weighted by atomic mass is 10.2. The Morgan fingerprint density at radius 2 is 2.15 bits per heavy atom. The van der Waals surface area contributed by atoms with Crippen molar-refractivity contribution >= 4 is 30.1 Å². The summed E-state index contributed by atoms with van der Waals surface area (Å²) >= 11 is 1.74. The summed E-state index contributed by atoms with van der Waals surface area (Å²) in [6.07, 6.45) is 0.395. The van der Waals surface area contributed by atoms with Crippen LogP contribution in [0, 0.1) is 5.92 Å². The predicted molar refractivity (Wildman–Crippen MR) is 86.8 cm³/mol. The number of nitrogens with one attached hydrogen (secondary N) is 1. The number of rotatable bonds is 8. The van der Waals surface area contributed by atoms with Gasteiger partial charge in [-0.25, -0.2) is 0 Å². The van der Waals surface area contributed by atoms with Crippen LogP contribution in [-0.4, -0.2) is 31.9 Å². The lowest BCUT2D eigenvalue weighted by Crippen LogP contribution is -2.30. The van der Waals surface area contributed by atoms with Gasteiger partial charge in [0, 0.05) is 30.2 Å². The molecule has 0 heterocycles. The molecule has 6 heteroatoms. The molecule has 0 saturated heterocycles. The smallest absolute Gasteiger partial charge is 0.221 e. The summed E-state index contributed by atoms with van der Waals surface area (Å²) in [4.78, 5) is 12.4. The summed E-state index contributed by atoms with van der Waals surface area (Å²) in [5, 5.41) is 2.88. The fourth-order valence-corrected chi connectivity index (χ4v) is 2.59. The second-order valence-electron chi connectivity index (χ2n) is 4.41. The molecule has 114 valence electrons. The van der Waals surface area contributed by atoms with Crippen molar-refractivity contribution in [3.63, 3.8) is 0 Å². The Kier molecular flexibility index (Phi) is 10.3. The van der Waals surface area contributed by atoms with E-state index >= 15 is 0 Å². The van der Waals surface area contributed by atoms with Crippen molar-refractivity contribution in [3.05, 3.63) is 24.3 Å². The summed E-state index contributed by atoms with van der Waals surface area (Å²) in [6.45, 7) is 3.20. The van der Waals surface area contributed by atoms with Crippen LogP contribution in [0.4, 0.5) is 0 Å². The van der Waals surface area contributed by atoms with Crippen molar-refractivity contribution in [2.24, 2.45) is 11.7 Å². The highest BCUT2D eigenvalue weighted by molar-refractivity contribution is 7.99. The zero-order valence-corrected chi connectivity index (χ0v) is 13.6. The lowest BCUT2D eigenvalue weighted by molar-refractivity contribution is -0.121. The Bertz CT molecular complexity index is 405. The molecule has 1 aromatic carbocycles. The third-order valence-corrected chi connectivity index (χ3v) is 4.00. The van der Waals surface area contributed by atoms with Crippen molar-refractivity contribution in [3.8, 4) is 5.75 Å². The Morgan fingerprint density at radius 1 is 1.45 bits per heavy atom. The normalized spacial score (nSPS) is 11.3. The van der Waals surface area contributed by atoms with Crippen LogP contribution in [0.3, 0.4) is 0 Å². The van der Waals surface area contributed by atoms with Crippen LogP contribution in [-0.2, 0) is 4.79 Å². The molecule has 0 aliphatic carbocycles. The molecule has 0 saturated carbocycles. The number of benzene rings is 1. The molecule has 0 aliphatic rings. The number of amides is 1. The number of ether oxygens (including phenoxy) is 1. The predicted octanol–water partition coefficient (Wildman–Crippen LogP) is 2.31. The van der Waals surface area contributed by atoms with Crippen LogP contribution in [0.1, 0.15) is 13.3 Å². The highest BCUT2D eigenvalue weighted by Gasteiger charge is 2.08. The molecule has 1 rings (SSSR count). The molecular formula is C14H23ClN2O2S. The van der Waals surface area contributed by atoms with Gasteiger partial charge >= 0.3 is 0 Å². The molecule has 1 atom stereocenters. The summed E-state index contributed by atoms with van der Waals surface area (Å²) < 4.78 is 5.30. The van der Waals surface area contributed by atoms with E-state index in [1.807, 2.05) is 24.3 Å². The van der Waals surface area contributed by atoms with E-state index in [9.17, 15) is 4.79 Å². The van der Waals surface area contributed by atoms with Gasteiger partial charge in [-0.05, 0) is 18.1 Å². The van der Waals surface area contributed by atoms with Crippen molar-refractivity contribution < 1.29 is 9.53 Å². The zero-order chi connectivity index (χ0) is 14.1. The SMILES string of the molecule is COc1ccccc1SCC(C)CNC(=O)CCN.Cl. The van der Waals surface area contributed by atoms with Gasteiger partial charge in [0.25, 0.3) is 0 Å². The molecule has 0 aliphatic heterocycles. The van der Waals surface area contributed by atoms with Crippen LogP contribution >= 0.6 is 24.2 Å². The van der Waals surface area contributed by atoms with Crippen molar-refractivity contribution in [2.75, 3.05) is 26.0 Å². The van der Waals surface area contributed by atoms with Gasteiger partial charge in [0.1, 0.15) is 5.75 Å². The molecule has 0 aromatic heterocycles. The molecule has 1 amide bonds. The minimum atomic E-state index is 0. The Morgan fingerprint density at radius 3 is 2.80 bits per heavy atom. The number of para-hydroxylation sites is 1. The van der Waals surface area contributed by atoms with Gasteiger partial charge in [-0.3, -0.25) is 4.79 Å². The number of halogens is 1. The maximum atomic E-state index is 11.3. The van der Waals surface area contributed by atoms with Gasteiger partial charge in [-0.1, -0.05) is 19.1 Å². The van der Waals surface area contributed by atoms with E-state index in [1.165, 1.54) is 0 Å². The average Bonchev–Trinajstić information content (AvgIpc) is 2.43. The summed E-state index contributed by atoms with van der Waals surface area (Å²) in [5.74, 6) is 2.25. The van der Waals surface area contributed by atoms with E-state index in [1.54, 1.807) is 18.9 Å². The number of carbonyl (C=O) groups is 1. The maximum absolute atomic E-state index is 11.3. The van der Waals surface area contributed by atoms with E-state index in [-0.39, 0.29) is 18.3 Å². The molecule has 0 bridgehead atoms. The third-order valence-electron chi connectivity index (χ3n) is 2.61. The molecule has 0 spiro atoms. The molecule has 1 unspecified atom stereocenters. The van der Waals surface area contributed by atoms with E-state index in [4.69, 9.17) is 10.5 Å². The van der Waals surface area contributed by atoms with Crippen molar-refractivity contribution in [1.82, 2.24) is 5.32 Å². The minimum absolute atomic E-state index is 0. The standard InChI is InChI=1S/C14H22N2O2S.ClH/c1-11(9-16-14(17)7-8-15)10-19-13-6-4-3-5-12(13)18-2;/h3-6,11H,7-10,15H2,1-2H3,(H,16,17);1H. The number of nitrogens with two attached hydrogens (primary N) is 1. The van der Waals surface area contributed by atoms with Crippen molar-refractivity contribution in [2.45, 2.75) is 18.2 Å². The van der Waals surface area contributed by atoms with E-state index in [0.717, 1.165) is 16.4 Å². The number of carbonyl (C=O) groups excluding carboxylic acids is 1. The quantitative estimate of drug-likeness (QED) is 0.722. The van der Waals surface area contributed by atoms with E-state index < -0.39 is 0 Å². The van der Waals surface area contributed by atoms with Gasteiger partial charge in [-0.15, -0.1) is 24.2 Å². The molecular weight excluding hydrogens is 296 g/mol. The molecule has 0 radical (unpaired) electrons. The Balaban J connectivity index is 0.00000361. The van der Waals surface area contributed by atoms with Gasteiger partial charge in [-0.2, -0.15) is 0 Å². The average molecular weight is 319 g/mol. The first-order chi connectivity index (χ1) is 9.17. The van der Waals surface area contributed by atoms with E-state index in [2.05, 4.69) is 12.2 Å². The van der Waals surface area contributed by atoms with Gasteiger partial charge in [0.05, 0.1) is 7.11 Å². The Labute approximate surface area is 131 Å². The van der Waals surface area contributed by atoms with Crippen LogP contribution < -0.4 is 15.8 Å². The van der Waals surface area contributed by atoms with Crippen molar-refractivity contribution in [1.29, 1.82) is 0 Å². The van der Waals surface area contributed by atoms with Gasteiger partial charge in [0.2, 0.25) is 5.91 Å². The fourth-order valence-electron chi connectivity index (χ4n) is 1.54. The van der Waals surface area contributed by atoms with Crippen LogP contribution in [0.25, 0.3) is 0 Å². The summed E-state index contributed by atoms with van der Waals surface area (Å²) in [5.41, 5.74) is 5.32. The maximum Gasteiger partial charge on any atom is 0.221 e. The second-order valence-corrected chi connectivity index (χ2v) is 5.47. The number of hydrogen-bond acceptors (Lipinski definition) is 4. The monoisotopic (exact) mass is 318 g/mol. The lowest BCUT2D eigenvalue weighted by Gasteiger charge is -2.13. The molecule has 1 aromatic rings. The first-order valence-electron chi connectivity index (χ1n) is 6.40. The second kappa shape index (κ2) is 10.8. The highest BCUT2D eigenvalue weighted by atomic mass is 35.5. The number of hydrogen-bond donors (Lipinski definition) is 2. The number of methoxy groups -OCH3 is 1. The molecule has 4 nitrogen and oxygen atoms in total. The molecule has 3 N–H and O–H groups in total. The summed E-state index contributed by atoms with van der Waals surface area (Å²) in [7, 11) is 1.68. The van der Waals surface area contributed by atoms with E-state index in [0.29, 0.717) is 25.4 Å². The first-order valence-corrected chi connectivity index (χ1v) is 7.38. The number of thioether (sulfide) groups is 1. The van der Waals surface area contributed by atoms with Crippen LogP contribution in [0.15, 0.2) is 29.2 Å². The molecule has 0 fully saturated rings.